The summed E-state index contributed by atoms with van der Waals surface area (Å²) in [6.07, 6.45) is 3.41. The summed E-state index contributed by atoms with van der Waals surface area (Å²) < 4.78 is 7.15. The second-order valence-corrected chi connectivity index (χ2v) is 5.50. The number of nitrogens with one attached hydrogen (secondary N) is 1. The molecule has 2 aromatic heterocycles. The molecule has 2 heterocycles. The Bertz CT molecular complexity index is 627. The summed E-state index contributed by atoms with van der Waals surface area (Å²) in [5.41, 5.74) is 6.36. The summed E-state index contributed by atoms with van der Waals surface area (Å²) in [5, 5.41) is 6.79. The summed E-state index contributed by atoms with van der Waals surface area (Å²) >= 11 is 0. The number of aryl methyl sites for hydroxylation is 2. The highest BCUT2D eigenvalue weighted by Crippen LogP contribution is 2.20. The van der Waals surface area contributed by atoms with E-state index in [9.17, 15) is 4.79 Å². The Morgan fingerprint density at radius 3 is 2.71 bits per heavy atom. The molecule has 1 amide bonds. The monoisotopic (exact) mass is 313 g/mol. The van der Waals surface area contributed by atoms with Crippen LogP contribution in [0.25, 0.3) is 11.5 Å². The lowest BCUT2D eigenvalue weighted by Gasteiger charge is -2.18. The number of rotatable bonds is 4. The van der Waals surface area contributed by atoms with E-state index in [0.717, 1.165) is 5.56 Å². The molecule has 0 aliphatic rings. The smallest absolute Gasteiger partial charge is 0.273 e. The molecule has 8 heteroatoms. The van der Waals surface area contributed by atoms with E-state index in [4.69, 9.17) is 10.2 Å². The van der Waals surface area contributed by atoms with E-state index in [1.54, 1.807) is 31.0 Å². The molecular formula is C13H20ClN5O2. The quantitative estimate of drug-likeness (QED) is 0.885. The number of hydrogen-bond acceptors (Lipinski definition) is 5. The lowest BCUT2D eigenvalue weighted by Crippen LogP contribution is -2.45. The Kier molecular flexibility index (Phi) is 5.14. The second-order valence-electron chi connectivity index (χ2n) is 5.50. The number of nitrogens with two attached hydrogens (primary N) is 1. The minimum Gasteiger partial charge on any atom is -0.440 e. The molecule has 0 saturated heterocycles. The van der Waals surface area contributed by atoms with Crippen molar-refractivity contribution in [2.24, 2.45) is 12.8 Å². The molecule has 0 unspecified atom stereocenters. The highest BCUT2D eigenvalue weighted by Gasteiger charge is 2.20. The van der Waals surface area contributed by atoms with Gasteiger partial charge in [-0.2, -0.15) is 5.10 Å². The van der Waals surface area contributed by atoms with E-state index < -0.39 is 5.54 Å². The Labute approximate surface area is 129 Å². The maximum atomic E-state index is 12.1. The molecule has 0 atom stereocenters. The van der Waals surface area contributed by atoms with Gasteiger partial charge in [-0.1, -0.05) is 0 Å². The van der Waals surface area contributed by atoms with Gasteiger partial charge in [-0.05, 0) is 20.8 Å². The summed E-state index contributed by atoms with van der Waals surface area (Å²) in [7, 11) is 1.80. The van der Waals surface area contributed by atoms with Gasteiger partial charge in [-0.15, -0.1) is 12.4 Å². The van der Waals surface area contributed by atoms with Crippen LogP contribution in [0, 0.1) is 6.92 Å². The van der Waals surface area contributed by atoms with Crippen LogP contribution in [-0.4, -0.2) is 32.8 Å². The first-order chi connectivity index (χ1) is 9.26. The molecule has 2 aromatic rings. The van der Waals surface area contributed by atoms with Crippen LogP contribution in [0.15, 0.2) is 16.8 Å². The number of halogens is 1. The van der Waals surface area contributed by atoms with E-state index in [1.165, 1.54) is 0 Å². The molecular weight excluding hydrogens is 294 g/mol. The van der Waals surface area contributed by atoms with Crippen molar-refractivity contribution in [3.8, 4) is 11.5 Å². The van der Waals surface area contributed by atoms with Gasteiger partial charge < -0.3 is 15.5 Å². The maximum Gasteiger partial charge on any atom is 0.273 e. The van der Waals surface area contributed by atoms with Crippen LogP contribution in [-0.2, 0) is 7.05 Å². The lowest BCUT2D eigenvalue weighted by atomic mass is 10.1. The average Bonchev–Trinajstić information content (AvgIpc) is 2.91. The Morgan fingerprint density at radius 2 is 2.19 bits per heavy atom. The number of nitrogens with zero attached hydrogens (tertiary/aromatic N) is 3. The van der Waals surface area contributed by atoms with E-state index in [2.05, 4.69) is 15.4 Å². The minimum absolute atomic E-state index is 0. The summed E-state index contributed by atoms with van der Waals surface area (Å²) in [6, 6.07) is 0. The van der Waals surface area contributed by atoms with Crippen molar-refractivity contribution < 1.29 is 9.21 Å². The van der Waals surface area contributed by atoms with Gasteiger partial charge in [0.15, 0.2) is 5.69 Å². The average molecular weight is 314 g/mol. The summed E-state index contributed by atoms with van der Waals surface area (Å²) in [4.78, 5) is 16.3. The largest absolute Gasteiger partial charge is 0.440 e. The Balaban J connectivity index is 0.00000220. The van der Waals surface area contributed by atoms with Gasteiger partial charge in [0.1, 0.15) is 5.76 Å². The first-order valence-corrected chi connectivity index (χ1v) is 6.30. The topological polar surface area (TPSA) is 99.0 Å². The van der Waals surface area contributed by atoms with Crippen molar-refractivity contribution in [3.05, 3.63) is 23.8 Å². The minimum atomic E-state index is -0.473. The molecule has 0 aliphatic heterocycles. The molecule has 0 radical (unpaired) electrons. The van der Waals surface area contributed by atoms with E-state index in [0.29, 0.717) is 18.2 Å². The van der Waals surface area contributed by atoms with Crippen molar-refractivity contribution in [1.29, 1.82) is 0 Å². The molecule has 7 nitrogen and oxygen atoms in total. The van der Waals surface area contributed by atoms with Gasteiger partial charge >= 0.3 is 0 Å². The summed E-state index contributed by atoms with van der Waals surface area (Å²) in [6.45, 7) is 5.74. The fourth-order valence-corrected chi connectivity index (χ4v) is 1.65. The number of hydrogen-bond donors (Lipinski definition) is 2. The molecule has 116 valence electrons. The molecule has 0 aromatic carbocycles. The molecule has 2 rings (SSSR count). The number of amides is 1. The molecule has 3 N–H and O–H groups in total. The Hall–Kier alpha value is -1.86. The molecule has 0 spiro atoms. The van der Waals surface area contributed by atoms with Gasteiger partial charge in [0, 0.05) is 25.3 Å². The standard InChI is InChI=1S/C13H19N5O2.ClH/c1-8-10(11(19)15-7-13(2,3)14)17-12(20-8)9-5-16-18(4)6-9;/h5-6H,7,14H2,1-4H3,(H,15,19);1H. The third kappa shape index (κ3) is 4.30. The number of carbonyl (C=O) groups is 1. The predicted molar refractivity (Wildman–Crippen MR) is 81.3 cm³/mol. The predicted octanol–water partition coefficient (Wildman–Crippen LogP) is 1.27. The number of carbonyl (C=O) groups excluding carboxylic acids is 1. The van der Waals surface area contributed by atoms with Crippen LogP contribution in [0.3, 0.4) is 0 Å². The van der Waals surface area contributed by atoms with Crippen molar-refractivity contribution in [1.82, 2.24) is 20.1 Å². The fourth-order valence-electron chi connectivity index (χ4n) is 1.65. The van der Waals surface area contributed by atoms with E-state index >= 15 is 0 Å². The summed E-state index contributed by atoms with van der Waals surface area (Å²) in [5.74, 6) is 0.559. The van der Waals surface area contributed by atoms with Gasteiger partial charge in [-0.25, -0.2) is 4.98 Å². The van der Waals surface area contributed by atoms with Crippen molar-refractivity contribution in [3.63, 3.8) is 0 Å². The van der Waals surface area contributed by atoms with Crippen LogP contribution in [0.1, 0.15) is 30.1 Å². The second kappa shape index (κ2) is 6.28. The molecule has 0 saturated carbocycles. The third-order valence-corrected chi connectivity index (χ3v) is 2.67. The fraction of sp³-hybridized carbons (Fsp3) is 0.462. The zero-order valence-corrected chi connectivity index (χ0v) is 13.3. The first-order valence-electron chi connectivity index (χ1n) is 6.30. The third-order valence-electron chi connectivity index (χ3n) is 2.67. The zero-order valence-electron chi connectivity index (χ0n) is 12.5. The maximum absolute atomic E-state index is 12.1. The lowest BCUT2D eigenvalue weighted by molar-refractivity contribution is 0.0940. The van der Waals surface area contributed by atoms with Crippen molar-refractivity contribution in [2.75, 3.05) is 6.54 Å². The first kappa shape index (κ1) is 17.2. The van der Waals surface area contributed by atoms with Crippen molar-refractivity contribution in [2.45, 2.75) is 26.3 Å². The van der Waals surface area contributed by atoms with Gasteiger partial charge in [-0.3, -0.25) is 9.48 Å². The molecule has 0 bridgehead atoms. The van der Waals surface area contributed by atoms with Gasteiger partial charge in [0.2, 0.25) is 5.89 Å². The van der Waals surface area contributed by atoms with Crippen LogP contribution in [0.4, 0.5) is 0 Å². The van der Waals surface area contributed by atoms with Crippen LogP contribution in [0.5, 0.6) is 0 Å². The van der Waals surface area contributed by atoms with E-state index in [1.807, 2.05) is 13.8 Å². The zero-order chi connectivity index (χ0) is 14.9. The normalized spacial score (nSPS) is 11.1. The van der Waals surface area contributed by atoms with Crippen LogP contribution < -0.4 is 11.1 Å². The van der Waals surface area contributed by atoms with E-state index in [-0.39, 0.29) is 24.0 Å². The van der Waals surface area contributed by atoms with Crippen LogP contribution >= 0.6 is 12.4 Å². The van der Waals surface area contributed by atoms with Crippen LogP contribution in [0.2, 0.25) is 0 Å². The molecule has 21 heavy (non-hydrogen) atoms. The molecule has 0 fully saturated rings. The highest BCUT2D eigenvalue weighted by molar-refractivity contribution is 5.93. The van der Waals surface area contributed by atoms with Crippen molar-refractivity contribution >= 4 is 18.3 Å². The van der Waals surface area contributed by atoms with Gasteiger partial charge in [0.05, 0.1) is 11.8 Å². The van der Waals surface area contributed by atoms with Gasteiger partial charge in [0.25, 0.3) is 5.91 Å². The molecule has 0 aliphatic carbocycles. The highest BCUT2D eigenvalue weighted by atomic mass is 35.5. The number of aromatic nitrogens is 3. The SMILES string of the molecule is Cc1oc(-c2cnn(C)c2)nc1C(=O)NCC(C)(C)N.Cl. The Morgan fingerprint density at radius 1 is 1.52 bits per heavy atom. The number of oxazole rings is 1.